The molecule has 1 N–H and O–H groups in total. The number of hydrogen-bond donors (Lipinski definition) is 1. The molecule has 0 aliphatic heterocycles. The number of aromatic nitrogens is 2. The minimum absolute atomic E-state index is 0.0947. The fourth-order valence-electron chi connectivity index (χ4n) is 3.17. The summed E-state index contributed by atoms with van der Waals surface area (Å²) in [5, 5.41) is 8.59. The Labute approximate surface area is 199 Å². The second kappa shape index (κ2) is 10.0. The third kappa shape index (κ3) is 6.40. The average Bonchev–Trinajstić information content (AvgIpc) is 3.20. The van der Waals surface area contributed by atoms with Crippen LogP contribution in [0.5, 0.6) is 0 Å². The van der Waals surface area contributed by atoms with Crippen molar-refractivity contribution < 1.29 is 17.6 Å². The second-order valence-electron chi connectivity index (χ2n) is 8.59. The fraction of sp³-hybridized carbons (Fsp3) is 0.348. The number of carbonyl (C=O) groups is 1. The van der Waals surface area contributed by atoms with Crippen molar-refractivity contribution in [3.8, 4) is 11.5 Å². The lowest BCUT2D eigenvalue weighted by Crippen LogP contribution is -2.40. The van der Waals surface area contributed by atoms with E-state index in [1.807, 2.05) is 13.0 Å². The molecular weight excluding hydrogens is 464 g/mol. The van der Waals surface area contributed by atoms with Gasteiger partial charge in [0.1, 0.15) is 0 Å². The van der Waals surface area contributed by atoms with Gasteiger partial charge in [-0.1, -0.05) is 30.7 Å². The molecule has 0 unspecified atom stereocenters. The van der Waals surface area contributed by atoms with Gasteiger partial charge in [-0.25, -0.2) is 13.1 Å². The Morgan fingerprint density at radius 1 is 1.09 bits per heavy atom. The van der Waals surface area contributed by atoms with Crippen molar-refractivity contribution in [3.05, 3.63) is 65.0 Å². The molecule has 33 heavy (non-hydrogen) atoms. The van der Waals surface area contributed by atoms with Gasteiger partial charge in [-0.15, -0.1) is 10.2 Å². The Hall–Kier alpha value is -2.75. The zero-order chi connectivity index (χ0) is 24.2. The molecule has 0 fully saturated rings. The van der Waals surface area contributed by atoms with E-state index in [9.17, 15) is 13.2 Å². The summed E-state index contributed by atoms with van der Waals surface area (Å²) < 4.78 is 33.3. The normalized spacial score (nSPS) is 12.0. The van der Waals surface area contributed by atoms with Crippen molar-refractivity contribution in [2.45, 2.75) is 51.1 Å². The first-order chi connectivity index (χ1) is 15.5. The van der Waals surface area contributed by atoms with Crippen molar-refractivity contribution in [3.63, 3.8) is 0 Å². The highest BCUT2D eigenvalue weighted by Gasteiger charge is 2.23. The average molecular weight is 491 g/mol. The van der Waals surface area contributed by atoms with E-state index in [0.717, 1.165) is 6.42 Å². The van der Waals surface area contributed by atoms with Gasteiger partial charge in [0.15, 0.2) is 0 Å². The number of amides is 1. The van der Waals surface area contributed by atoms with E-state index >= 15 is 0 Å². The Morgan fingerprint density at radius 2 is 1.76 bits per heavy atom. The van der Waals surface area contributed by atoms with E-state index in [4.69, 9.17) is 16.0 Å². The van der Waals surface area contributed by atoms with E-state index in [-0.39, 0.29) is 29.1 Å². The lowest BCUT2D eigenvalue weighted by atomic mass is 10.1. The second-order valence-corrected chi connectivity index (χ2v) is 10.7. The molecule has 2 aromatic carbocycles. The summed E-state index contributed by atoms with van der Waals surface area (Å²) in [4.78, 5) is 14.8. The summed E-state index contributed by atoms with van der Waals surface area (Å²) in [7, 11) is -3.69. The zero-order valence-corrected chi connectivity index (χ0v) is 20.6. The number of sulfonamides is 1. The minimum Gasteiger partial charge on any atom is -0.419 e. The molecular formula is C23H27ClN4O4S. The molecule has 0 aliphatic carbocycles. The molecule has 3 aromatic rings. The number of rotatable bonds is 8. The molecule has 0 aliphatic rings. The van der Waals surface area contributed by atoms with Crippen molar-refractivity contribution in [1.29, 1.82) is 0 Å². The van der Waals surface area contributed by atoms with Crippen molar-refractivity contribution in [2.75, 3.05) is 6.54 Å². The summed E-state index contributed by atoms with van der Waals surface area (Å²) in [5.74, 6) is 0.294. The van der Waals surface area contributed by atoms with Gasteiger partial charge in [0.05, 0.1) is 22.0 Å². The van der Waals surface area contributed by atoms with Crippen molar-refractivity contribution in [1.82, 2.24) is 19.8 Å². The molecule has 0 radical (unpaired) electrons. The maximum Gasteiger partial charge on any atom is 0.254 e. The highest BCUT2D eigenvalue weighted by atomic mass is 35.5. The Kier molecular flexibility index (Phi) is 7.56. The van der Waals surface area contributed by atoms with Crippen LogP contribution < -0.4 is 4.72 Å². The Morgan fingerprint density at radius 3 is 2.36 bits per heavy atom. The Bertz CT molecular complexity index is 1220. The predicted molar refractivity (Wildman–Crippen MR) is 126 cm³/mol. The van der Waals surface area contributed by atoms with Crippen LogP contribution in [0.25, 0.3) is 11.5 Å². The lowest BCUT2D eigenvalue weighted by molar-refractivity contribution is 0.0728. The number of nitrogens with zero attached hydrogens (tertiary/aromatic N) is 3. The summed E-state index contributed by atoms with van der Waals surface area (Å²) in [6.45, 7) is 7.83. The maximum atomic E-state index is 13.1. The summed E-state index contributed by atoms with van der Waals surface area (Å²) in [6, 6.07) is 13.0. The number of nitrogens with one attached hydrogen (secondary N) is 1. The number of carbonyl (C=O) groups excluding carboxylic acids is 1. The van der Waals surface area contributed by atoms with Crippen LogP contribution in [-0.4, -0.2) is 41.5 Å². The summed E-state index contributed by atoms with van der Waals surface area (Å²) in [6.07, 6.45) is 0.721. The van der Waals surface area contributed by atoms with Gasteiger partial charge in [-0.05, 0) is 63.6 Å². The van der Waals surface area contributed by atoms with Crippen LogP contribution in [0.1, 0.15) is 50.4 Å². The summed E-state index contributed by atoms with van der Waals surface area (Å²) in [5.41, 5.74) is 0.369. The quantitative estimate of drug-likeness (QED) is 0.497. The third-order valence-corrected chi connectivity index (χ3v) is 6.63. The van der Waals surface area contributed by atoms with E-state index in [0.29, 0.717) is 22.7 Å². The van der Waals surface area contributed by atoms with Gasteiger partial charge >= 0.3 is 0 Å². The zero-order valence-electron chi connectivity index (χ0n) is 19.0. The molecule has 1 aromatic heterocycles. The van der Waals surface area contributed by atoms with E-state index in [1.165, 1.54) is 24.3 Å². The molecule has 1 amide bonds. The lowest BCUT2D eigenvalue weighted by Gasteiger charge is -2.21. The van der Waals surface area contributed by atoms with Gasteiger partial charge in [0, 0.05) is 17.6 Å². The van der Waals surface area contributed by atoms with Gasteiger partial charge < -0.3 is 9.32 Å². The molecule has 8 nitrogen and oxygen atoms in total. The number of benzene rings is 2. The standard InChI is InChI=1S/C23H27ClN4O4S/c1-5-14-28(15-20-25-26-21(32-20)18-8-6-7-9-19(18)24)22(29)16-10-12-17(13-11-16)33(30,31)27-23(2,3)4/h6-13,27H,5,14-15H2,1-4H3. The topological polar surface area (TPSA) is 105 Å². The number of hydrogen-bond acceptors (Lipinski definition) is 6. The van der Waals surface area contributed by atoms with E-state index < -0.39 is 15.6 Å². The molecule has 10 heteroatoms. The van der Waals surface area contributed by atoms with Gasteiger partial charge in [0.2, 0.25) is 21.8 Å². The molecule has 0 saturated heterocycles. The molecule has 0 atom stereocenters. The van der Waals surface area contributed by atoms with E-state index in [1.54, 1.807) is 43.9 Å². The van der Waals surface area contributed by atoms with Crippen molar-refractivity contribution in [2.24, 2.45) is 0 Å². The van der Waals surface area contributed by atoms with Crippen LogP contribution in [0.3, 0.4) is 0 Å². The van der Waals surface area contributed by atoms with Crippen LogP contribution in [0.2, 0.25) is 5.02 Å². The maximum absolute atomic E-state index is 13.1. The first kappa shape index (κ1) is 24.9. The van der Waals surface area contributed by atoms with Crippen LogP contribution in [0, 0.1) is 0 Å². The first-order valence-corrected chi connectivity index (χ1v) is 12.4. The largest absolute Gasteiger partial charge is 0.419 e. The minimum atomic E-state index is -3.69. The fourth-order valence-corrected chi connectivity index (χ4v) is 4.80. The Balaban J connectivity index is 1.78. The van der Waals surface area contributed by atoms with Crippen LogP contribution in [-0.2, 0) is 16.6 Å². The monoisotopic (exact) mass is 490 g/mol. The van der Waals surface area contributed by atoms with Gasteiger partial charge in [-0.2, -0.15) is 0 Å². The smallest absolute Gasteiger partial charge is 0.254 e. The molecule has 176 valence electrons. The molecule has 0 bridgehead atoms. The SMILES string of the molecule is CCCN(Cc1nnc(-c2ccccc2Cl)o1)C(=O)c1ccc(S(=O)(=O)NC(C)(C)C)cc1. The third-order valence-electron chi connectivity index (χ3n) is 4.53. The van der Waals surface area contributed by atoms with Gasteiger partial charge in [-0.3, -0.25) is 4.79 Å². The van der Waals surface area contributed by atoms with Gasteiger partial charge in [0.25, 0.3) is 5.91 Å². The molecule has 0 saturated carbocycles. The van der Waals surface area contributed by atoms with Crippen LogP contribution in [0.15, 0.2) is 57.8 Å². The van der Waals surface area contributed by atoms with Crippen molar-refractivity contribution >= 4 is 27.5 Å². The molecule has 0 spiro atoms. The van der Waals surface area contributed by atoms with E-state index in [2.05, 4.69) is 14.9 Å². The predicted octanol–water partition coefficient (Wildman–Crippen LogP) is 4.52. The van der Waals surface area contributed by atoms with Crippen LogP contribution >= 0.6 is 11.6 Å². The number of halogens is 1. The molecule has 1 heterocycles. The highest BCUT2D eigenvalue weighted by molar-refractivity contribution is 7.89. The highest BCUT2D eigenvalue weighted by Crippen LogP contribution is 2.26. The first-order valence-electron chi connectivity index (χ1n) is 10.5. The summed E-state index contributed by atoms with van der Waals surface area (Å²) >= 11 is 6.19. The van der Waals surface area contributed by atoms with Crippen LogP contribution in [0.4, 0.5) is 0 Å². The molecule has 3 rings (SSSR count).